The number of nitrogens with zero attached hydrogens (tertiary/aromatic N) is 1. The molecule has 0 spiro atoms. The van der Waals surface area contributed by atoms with Gasteiger partial charge in [-0.1, -0.05) is 36.8 Å². The van der Waals surface area contributed by atoms with E-state index in [-0.39, 0.29) is 5.92 Å². The van der Waals surface area contributed by atoms with Crippen LogP contribution in [-0.4, -0.2) is 6.04 Å². The van der Waals surface area contributed by atoms with Gasteiger partial charge in [-0.25, -0.2) is 0 Å². The summed E-state index contributed by atoms with van der Waals surface area (Å²) in [5.74, 6) is 0.200. The van der Waals surface area contributed by atoms with Gasteiger partial charge in [0, 0.05) is 12.1 Å². The van der Waals surface area contributed by atoms with Crippen molar-refractivity contribution in [2.75, 3.05) is 0 Å². The first-order valence-electron chi connectivity index (χ1n) is 6.02. The molecule has 2 unspecified atom stereocenters. The summed E-state index contributed by atoms with van der Waals surface area (Å²) >= 11 is 0. The summed E-state index contributed by atoms with van der Waals surface area (Å²) in [4.78, 5) is 0. The second-order valence-corrected chi connectivity index (χ2v) is 4.57. The van der Waals surface area contributed by atoms with Crippen molar-refractivity contribution in [2.24, 2.45) is 5.92 Å². The standard InChI is InChI=1S/C14H18N2/c1-11(12-6-3-2-4-7-12)16-14-9-5-8-13(14)10-15/h2-4,6-7,11,13-14,16H,5,8-9H2,1H3/t11-,13?,14?/m1/s1. The highest BCUT2D eigenvalue weighted by Crippen LogP contribution is 2.27. The zero-order valence-corrected chi connectivity index (χ0v) is 9.69. The lowest BCUT2D eigenvalue weighted by molar-refractivity contribution is 0.417. The lowest BCUT2D eigenvalue weighted by Crippen LogP contribution is -2.33. The second-order valence-electron chi connectivity index (χ2n) is 4.57. The summed E-state index contributed by atoms with van der Waals surface area (Å²) in [7, 11) is 0. The highest BCUT2D eigenvalue weighted by Gasteiger charge is 2.27. The minimum absolute atomic E-state index is 0.200. The van der Waals surface area contributed by atoms with Crippen LogP contribution in [0.1, 0.15) is 37.8 Å². The zero-order valence-electron chi connectivity index (χ0n) is 9.69. The Bertz CT molecular complexity index is 366. The first-order valence-corrected chi connectivity index (χ1v) is 6.02. The van der Waals surface area contributed by atoms with Crippen molar-refractivity contribution in [1.29, 1.82) is 5.26 Å². The van der Waals surface area contributed by atoms with Gasteiger partial charge < -0.3 is 5.32 Å². The van der Waals surface area contributed by atoms with Gasteiger partial charge in [0.05, 0.1) is 12.0 Å². The van der Waals surface area contributed by atoms with Crippen molar-refractivity contribution in [1.82, 2.24) is 5.32 Å². The van der Waals surface area contributed by atoms with Crippen LogP contribution in [0.3, 0.4) is 0 Å². The van der Waals surface area contributed by atoms with Gasteiger partial charge in [0.2, 0.25) is 0 Å². The largest absolute Gasteiger partial charge is 0.306 e. The van der Waals surface area contributed by atoms with E-state index in [1.165, 1.54) is 12.0 Å². The van der Waals surface area contributed by atoms with Crippen LogP contribution in [0.4, 0.5) is 0 Å². The average Bonchev–Trinajstić information content (AvgIpc) is 2.77. The Balaban J connectivity index is 1.98. The van der Waals surface area contributed by atoms with Gasteiger partial charge in [0.1, 0.15) is 0 Å². The number of hydrogen-bond donors (Lipinski definition) is 1. The molecule has 0 amide bonds. The maximum Gasteiger partial charge on any atom is 0.0672 e. The zero-order chi connectivity index (χ0) is 11.4. The summed E-state index contributed by atoms with van der Waals surface area (Å²) in [6.45, 7) is 2.17. The molecule has 0 aromatic heterocycles. The van der Waals surface area contributed by atoms with Crippen LogP contribution in [0.5, 0.6) is 0 Å². The number of rotatable bonds is 3. The van der Waals surface area contributed by atoms with Crippen LogP contribution in [0.25, 0.3) is 0 Å². The van der Waals surface area contributed by atoms with Crippen LogP contribution in [0, 0.1) is 17.2 Å². The molecule has 0 bridgehead atoms. The number of nitriles is 1. The Morgan fingerprint density at radius 2 is 2.06 bits per heavy atom. The minimum atomic E-state index is 0.200. The van der Waals surface area contributed by atoms with E-state index in [0.29, 0.717) is 12.1 Å². The van der Waals surface area contributed by atoms with E-state index in [9.17, 15) is 0 Å². The van der Waals surface area contributed by atoms with Gasteiger partial charge in [-0.15, -0.1) is 0 Å². The predicted octanol–water partition coefficient (Wildman–Crippen LogP) is 3.03. The topological polar surface area (TPSA) is 35.8 Å². The highest BCUT2D eigenvalue weighted by atomic mass is 15.0. The summed E-state index contributed by atoms with van der Waals surface area (Å²) < 4.78 is 0. The molecule has 3 atom stereocenters. The number of nitrogens with one attached hydrogen (secondary N) is 1. The Morgan fingerprint density at radius 3 is 2.75 bits per heavy atom. The maximum absolute atomic E-state index is 9.03. The van der Waals surface area contributed by atoms with E-state index in [4.69, 9.17) is 5.26 Å². The van der Waals surface area contributed by atoms with E-state index >= 15 is 0 Å². The van der Waals surface area contributed by atoms with Crippen molar-refractivity contribution in [2.45, 2.75) is 38.3 Å². The summed E-state index contributed by atoms with van der Waals surface area (Å²) in [6, 6.07) is 13.5. The van der Waals surface area contributed by atoms with Crippen LogP contribution < -0.4 is 5.32 Å². The molecule has 1 fully saturated rings. The lowest BCUT2D eigenvalue weighted by atomic mass is 10.0. The van der Waals surface area contributed by atoms with Gasteiger partial charge in [-0.05, 0) is 25.3 Å². The normalized spacial score (nSPS) is 26.2. The molecule has 1 aromatic rings. The molecule has 1 aliphatic carbocycles. The quantitative estimate of drug-likeness (QED) is 0.839. The number of hydrogen-bond acceptors (Lipinski definition) is 2. The fourth-order valence-electron chi connectivity index (χ4n) is 2.47. The van der Waals surface area contributed by atoms with Gasteiger partial charge in [0.25, 0.3) is 0 Å². The lowest BCUT2D eigenvalue weighted by Gasteiger charge is -2.21. The van der Waals surface area contributed by atoms with Crippen molar-refractivity contribution in [3.63, 3.8) is 0 Å². The van der Waals surface area contributed by atoms with E-state index in [1.54, 1.807) is 0 Å². The van der Waals surface area contributed by atoms with Gasteiger partial charge >= 0.3 is 0 Å². The summed E-state index contributed by atoms with van der Waals surface area (Å²) in [5, 5.41) is 12.6. The molecule has 84 valence electrons. The van der Waals surface area contributed by atoms with Crippen molar-refractivity contribution < 1.29 is 0 Å². The molecule has 2 nitrogen and oxygen atoms in total. The molecule has 1 N–H and O–H groups in total. The second kappa shape index (κ2) is 5.14. The van der Waals surface area contributed by atoms with Gasteiger partial charge in [0.15, 0.2) is 0 Å². The Labute approximate surface area is 97.3 Å². The van der Waals surface area contributed by atoms with Crippen LogP contribution in [-0.2, 0) is 0 Å². The summed E-state index contributed by atoms with van der Waals surface area (Å²) in [6.07, 6.45) is 3.36. The Hall–Kier alpha value is -1.33. The smallest absolute Gasteiger partial charge is 0.0672 e. The predicted molar refractivity (Wildman–Crippen MR) is 64.7 cm³/mol. The van der Waals surface area contributed by atoms with Crippen LogP contribution in [0.15, 0.2) is 30.3 Å². The molecular weight excluding hydrogens is 196 g/mol. The molecule has 2 rings (SSSR count). The molecule has 0 heterocycles. The van der Waals surface area contributed by atoms with Crippen LogP contribution >= 0.6 is 0 Å². The Morgan fingerprint density at radius 1 is 1.31 bits per heavy atom. The van der Waals surface area contributed by atoms with E-state index in [2.05, 4.69) is 42.6 Å². The first-order chi connectivity index (χ1) is 7.81. The highest BCUT2D eigenvalue weighted by molar-refractivity contribution is 5.18. The first kappa shape index (κ1) is 11.2. The molecule has 1 saturated carbocycles. The molecule has 0 radical (unpaired) electrons. The summed E-state index contributed by atoms with van der Waals surface area (Å²) in [5.41, 5.74) is 1.30. The SMILES string of the molecule is C[C@@H](NC1CCCC1C#N)c1ccccc1. The van der Waals surface area contributed by atoms with E-state index < -0.39 is 0 Å². The molecule has 1 aromatic carbocycles. The Kier molecular flexibility index (Phi) is 3.58. The average molecular weight is 214 g/mol. The van der Waals surface area contributed by atoms with Crippen molar-refractivity contribution in [3.8, 4) is 6.07 Å². The number of benzene rings is 1. The van der Waals surface area contributed by atoms with Crippen molar-refractivity contribution in [3.05, 3.63) is 35.9 Å². The fraction of sp³-hybridized carbons (Fsp3) is 0.500. The third kappa shape index (κ3) is 2.43. The van der Waals surface area contributed by atoms with Crippen molar-refractivity contribution >= 4 is 0 Å². The molecule has 2 heteroatoms. The minimum Gasteiger partial charge on any atom is -0.306 e. The fourth-order valence-corrected chi connectivity index (χ4v) is 2.47. The molecule has 0 aliphatic heterocycles. The van der Waals surface area contributed by atoms with Gasteiger partial charge in [-0.2, -0.15) is 5.26 Å². The monoisotopic (exact) mass is 214 g/mol. The molecule has 16 heavy (non-hydrogen) atoms. The van der Waals surface area contributed by atoms with E-state index in [0.717, 1.165) is 12.8 Å². The third-order valence-electron chi connectivity index (χ3n) is 3.45. The maximum atomic E-state index is 9.03. The third-order valence-corrected chi connectivity index (χ3v) is 3.45. The molecule has 1 aliphatic rings. The van der Waals surface area contributed by atoms with Crippen LogP contribution in [0.2, 0.25) is 0 Å². The van der Waals surface area contributed by atoms with Gasteiger partial charge in [-0.3, -0.25) is 0 Å². The molecule has 0 saturated heterocycles. The molecular formula is C14H18N2. The van der Waals surface area contributed by atoms with E-state index in [1.807, 2.05) is 6.07 Å².